The van der Waals surface area contributed by atoms with Crippen LogP contribution in [0, 0.1) is 0 Å². The Hall–Kier alpha value is 0.630. The fraction of sp³-hybridized carbons (Fsp3) is 0.750. The maximum Gasteiger partial charge on any atom is 0.211 e. The summed E-state index contributed by atoms with van der Waals surface area (Å²) >= 11 is 5.96. The van der Waals surface area contributed by atoms with Gasteiger partial charge in [-0.25, -0.2) is 0 Å². The van der Waals surface area contributed by atoms with Crippen LogP contribution in [-0.2, 0) is 4.79 Å². The number of carbonyl (C=O) groups is 1. The number of rotatable bonds is 2. The molecule has 0 radical (unpaired) electrons. The van der Waals surface area contributed by atoms with Crippen molar-refractivity contribution in [2.45, 2.75) is 18.2 Å². The van der Waals surface area contributed by atoms with Gasteiger partial charge in [-0.15, -0.1) is 0 Å². The van der Waals surface area contributed by atoms with Crippen molar-refractivity contribution in [3.63, 3.8) is 0 Å². The molecule has 0 aliphatic carbocycles. The first-order chi connectivity index (χ1) is 3.18. The molecule has 0 aromatic carbocycles. The van der Waals surface area contributed by atoms with Gasteiger partial charge in [0.1, 0.15) is 0 Å². The van der Waals surface area contributed by atoms with Crippen LogP contribution in [0.25, 0.3) is 0 Å². The summed E-state index contributed by atoms with van der Waals surface area (Å²) in [5.41, 5.74) is 0. The van der Waals surface area contributed by atoms with Crippen LogP contribution in [-0.4, -0.2) is 9.52 Å². The summed E-state index contributed by atoms with van der Waals surface area (Å²) in [7, 11) is 0. The average molecular weight is 230 g/mol. The summed E-state index contributed by atoms with van der Waals surface area (Å²) in [5, 5.41) is 0. The molecule has 0 unspecified atom stereocenters. The molecule has 0 bridgehead atoms. The van der Waals surface area contributed by atoms with E-state index in [4.69, 9.17) is 0 Å². The Morgan fingerprint density at radius 2 is 2.29 bits per heavy atom. The highest BCUT2D eigenvalue weighted by Crippen LogP contribution is 2.08. The standard InChI is InChI=1S/C4H6Br2O/c1-2-3(5)4(6)7/h3H,2H2,1H3/t3-/m0/s1. The molecular weight excluding hydrogens is 224 g/mol. The minimum absolute atomic E-state index is 0.00694. The van der Waals surface area contributed by atoms with Crippen molar-refractivity contribution in [2.75, 3.05) is 0 Å². The van der Waals surface area contributed by atoms with Gasteiger partial charge in [0.25, 0.3) is 0 Å². The molecule has 0 saturated carbocycles. The zero-order valence-corrected chi connectivity index (χ0v) is 7.12. The molecule has 0 spiro atoms. The quantitative estimate of drug-likeness (QED) is 0.524. The summed E-state index contributed by atoms with van der Waals surface area (Å²) in [5.74, 6) is 0. The second-order valence-corrected chi connectivity index (χ2v) is 3.07. The van der Waals surface area contributed by atoms with Gasteiger partial charge in [0.15, 0.2) is 0 Å². The van der Waals surface area contributed by atoms with Crippen molar-refractivity contribution in [1.82, 2.24) is 0 Å². The molecule has 0 aliphatic rings. The largest absolute Gasteiger partial charge is 0.285 e. The fourth-order valence-electron chi connectivity index (χ4n) is 0.160. The van der Waals surface area contributed by atoms with Gasteiger partial charge in [0.2, 0.25) is 4.69 Å². The minimum atomic E-state index is -0.00694. The fourth-order valence-corrected chi connectivity index (χ4v) is 0.484. The monoisotopic (exact) mass is 228 g/mol. The predicted octanol–water partition coefficient (Wildman–Crippen LogP) is 2.08. The molecule has 3 heteroatoms. The first-order valence-corrected chi connectivity index (χ1v) is 3.72. The van der Waals surface area contributed by atoms with Gasteiger partial charge >= 0.3 is 0 Å². The third-order valence-electron chi connectivity index (χ3n) is 0.605. The number of hydrogen-bond donors (Lipinski definition) is 0. The van der Waals surface area contributed by atoms with E-state index in [0.29, 0.717) is 0 Å². The van der Waals surface area contributed by atoms with Crippen LogP contribution in [0.15, 0.2) is 0 Å². The van der Waals surface area contributed by atoms with Crippen LogP contribution in [0.4, 0.5) is 0 Å². The molecule has 0 rings (SSSR count). The highest BCUT2D eigenvalue weighted by atomic mass is 79.9. The Bertz CT molecular complexity index is 72.1. The average Bonchev–Trinajstić information content (AvgIpc) is 1.65. The molecule has 0 aliphatic heterocycles. The SMILES string of the molecule is CC[C@H](Br)C(=O)Br. The van der Waals surface area contributed by atoms with Crippen molar-refractivity contribution in [2.24, 2.45) is 0 Å². The second kappa shape index (κ2) is 3.61. The van der Waals surface area contributed by atoms with E-state index < -0.39 is 0 Å². The highest BCUT2D eigenvalue weighted by Gasteiger charge is 2.05. The number of halogens is 2. The smallest absolute Gasteiger partial charge is 0.211 e. The van der Waals surface area contributed by atoms with Crippen LogP contribution in [0.2, 0.25) is 0 Å². The Kier molecular flexibility index (Phi) is 3.93. The van der Waals surface area contributed by atoms with Gasteiger partial charge in [-0.1, -0.05) is 22.9 Å². The molecule has 0 aromatic rings. The molecule has 42 valence electrons. The lowest BCUT2D eigenvalue weighted by molar-refractivity contribution is -0.109. The summed E-state index contributed by atoms with van der Waals surface area (Å²) in [6, 6.07) is 0. The summed E-state index contributed by atoms with van der Waals surface area (Å²) in [4.78, 5) is 10.2. The lowest BCUT2D eigenvalue weighted by Gasteiger charge is -1.94. The van der Waals surface area contributed by atoms with Crippen LogP contribution >= 0.6 is 31.9 Å². The van der Waals surface area contributed by atoms with Gasteiger partial charge in [0.05, 0.1) is 4.83 Å². The third-order valence-corrected chi connectivity index (χ3v) is 2.84. The molecule has 0 heterocycles. The van der Waals surface area contributed by atoms with E-state index in [0.717, 1.165) is 6.42 Å². The Labute approximate surface area is 59.7 Å². The Morgan fingerprint density at radius 1 is 1.86 bits per heavy atom. The van der Waals surface area contributed by atoms with Gasteiger partial charge < -0.3 is 0 Å². The van der Waals surface area contributed by atoms with E-state index in [1.54, 1.807) is 0 Å². The van der Waals surface area contributed by atoms with Crippen molar-refractivity contribution in [3.8, 4) is 0 Å². The van der Waals surface area contributed by atoms with Crippen molar-refractivity contribution in [1.29, 1.82) is 0 Å². The van der Waals surface area contributed by atoms with Gasteiger partial charge in [-0.05, 0) is 22.4 Å². The van der Waals surface area contributed by atoms with E-state index >= 15 is 0 Å². The van der Waals surface area contributed by atoms with E-state index in [1.165, 1.54) is 0 Å². The van der Waals surface area contributed by atoms with Crippen molar-refractivity contribution < 1.29 is 4.79 Å². The highest BCUT2D eigenvalue weighted by molar-refractivity contribution is 9.20. The zero-order chi connectivity index (χ0) is 5.86. The molecule has 0 fully saturated rings. The van der Waals surface area contributed by atoms with Crippen LogP contribution in [0.3, 0.4) is 0 Å². The van der Waals surface area contributed by atoms with E-state index in [-0.39, 0.29) is 9.52 Å². The van der Waals surface area contributed by atoms with Crippen LogP contribution in [0.1, 0.15) is 13.3 Å². The maximum atomic E-state index is 10.2. The third kappa shape index (κ3) is 3.23. The van der Waals surface area contributed by atoms with Gasteiger partial charge in [-0.2, -0.15) is 0 Å². The molecule has 1 atom stereocenters. The van der Waals surface area contributed by atoms with Crippen molar-refractivity contribution in [3.05, 3.63) is 0 Å². The number of carbonyl (C=O) groups excluding carboxylic acids is 1. The lowest BCUT2D eigenvalue weighted by atomic mass is 10.4. The van der Waals surface area contributed by atoms with Crippen molar-refractivity contribution >= 4 is 36.6 Å². The van der Waals surface area contributed by atoms with E-state index in [1.807, 2.05) is 6.92 Å². The van der Waals surface area contributed by atoms with Gasteiger partial charge in [-0.3, -0.25) is 4.79 Å². The molecule has 1 nitrogen and oxygen atoms in total. The number of hydrogen-bond acceptors (Lipinski definition) is 1. The van der Waals surface area contributed by atoms with Gasteiger partial charge in [0, 0.05) is 0 Å². The molecule has 0 amide bonds. The Balaban J connectivity index is 3.34. The molecule has 0 saturated heterocycles. The Morgan fingerprint density at radius 3 is 2.29 bits per heavy atom. The molecule has 0 N–H and O–H groups in total. The minimum Gasteiger partial charge on any atom is -0.285 e. The maximum absolute atomic E-state index is 10.2. The number of alkyl halides is 1. The predicted molar refractivity (Wildman–Crippen MR) is 36.9 cm³/mol. The normalized spacial score (nSPS) is 13.6. The first kappa shape index (κ1) is 7.63. The van der Waals surface area contributed by atoms with Crippen LogP contribution < -0.4 is 0 Å². The molecule has 7 heavy (non-hydrogen) atoms. The topological polar surface area (TPSA) is 17.1 Å². The summed E-state index contributed by atoms with van der Waals surface area (Å²) in [6.07, 6.45) is 0.837. The van der Waals surface area contributed by atoms with E-state index in [9.17, 15) is 4.79 Å². The summed E-state index contributed by atoms with van der Waals surface area (Å²) in [6.45, 7) is 1.94. The zero-order valence-electron chi connectivity index (χ0n) is 3.95. The van der Waals surface area contributed by atoms with Crippen LogP contribution in [0.5, 0.6) is 0 Å². The first-order valence-electron chi connectivity index (χ1n) is 2.02. The molecular formula is C4H6Br2O. The summed E-state index contributed by atoms with van der Waals surface area (Å²) < 4.78 is 0.0231. The van der Waals surface area contributed by atoms with E-state index in [2.05, 4.69) is 31.9 Å². The second-order valence-electron chi connectivity index (χ2n) is 1.18. The molecule has 0 aromatic heterocycles. The lowest BCUT2D eigenvalue weighted by Crippen LogP contribution is -2.02.